The SMILES string of the molecule is Brc1ccc(CC2CCCCN2)c2c1OCCO2. The summed E-state index contributed by atoms with van der Waals surface area (Å²) in [5.74, 6) is 1.80. The highest BCUT2D eigenvalue weighted by molar-refractivity contribution is 9.10. The van der Waals surface area contributed by atoms with Crippen LogP contribution in [0.4, 0.5) is 0 Å². The van der Waals surface area contributed by atoms with Crippen LogP contribution in [0.15, 0.2) is 16.6 Å². The topological polar surface area (TPSA) is 30.5 Å². The van der Waals surface area contributed by atoms with Crippen molar-refractivity contribution < 1.29 is 9.47 Å². The molecule has 98 valence electrons. The molecule has 2 aliphatic heterocycles. The predicted octanol–water partition coefficient (Wildman–Crippen LogP) is 2.90. The first kappa shape index (κ1) is 12.3. The van der Waals surface area contributed by atoms with Crippen molar-refractivity contribution in [2.75, 3.05) is 19.8 Å². The van der Waals surface area contributed by atoms with Crippen molar-refractivity contribution in [2.24, 2.45) is 0 Å². The molecule has 1 aromatic rings. The van der Waals surface area contributed by atoms with E-state index in [1.54, 1.807) is 0 Å². The van der Waals surface area contributed by atoms with Gasteiger partial charge in [-0.15, -0.1) is 0 Å². The molecule has 0 bridgehead atoms. The molecule has 2 aliphatic rings. The molecule has 1 saturated heterocycles. The number of piperidine rings is 1. The predicted molar refractivity (Wildman–Crippen MR) is 74.5 cm³/mol. The minimum atomic E-state index is 0.578. The van der Waals surface area contributed by atoms with Gasteiger partial charge < -0.3 is 14.8 Å². The average molecular weight is 312 g/mol. The summed E-state index contributed by atoms with van der Waals surface area (Å²) >= 11 is 3.52. The highest BCUT2D eigenvalue weighted by Gasteiger charge is 2.22. The molecule has 3 rings (SSSR count). The van der Waals surface area contributed by atoms with Crippen molar-refractivity contribution in [1.29, 1.82) is 0 Å². The zero-order chi connectivity index (χ0) is 12.4. The Morgan fingerprint density at radius 1 is 1.17 bits per heavy atom. The van der Waals surface area contributed by atoms with Crippen LogP contribution in [0.1, 0.15) is 24.8 Å². The largest absolute Gasteiger partial charge is 0.486 e. The first-order chi connectivity index (χ1) is 8.84. The summed E-state index contributed by atoms with van der Waals surface area (Å²) in [6.07, 6.45) is 4.91. The zero-order valence-corrected chi connectivity index (χ0v) is 12.0. The van der Waals surface area contributed by atoms with E-state index in [0.717, 1.165) is 28.9 Å². The minimum Gasteiger partial charge on any atom is -0.486 e. The van der Waals surface area contributed by atoms with Crippen LogP contribution < -0.4 is 14.8 Å². The number of ether oxygens (including phenoxy) is 2. The summed E-state index contributed by atoms with van der Waals surface area (Å²) in [6, 6.07) is 4.79. The van der Waals surface area contributed by atoms with E-state index in [-0.39, 0.29) is 0 Å². The van der Waals surface area contributed by atoms with E-state index in [9.17, 15) is 0 Å². The van der Waals surface area contributed by atoms with Gasteiger partial charge in [-0.05, 0) is 53.4 Å². The summed E-state index contributed by atoms with van der Waals surface area (Å²) < 4.78 is 12.5. The van der Waals surface area contributed by atoms with Gasteiger partial charge in [0, 0.05) is 6.04 Å². The number of hydrogen-bond acceptors (Lipinski definition) is 3. The number of benzene rings is 1. The number of hydrogen-bond donors (Lipinski definition) is 1. The van der Waals surface area contributed by atoms with Crippen molar-refractivity contribution in [3.8, 4) is 11.5 Å². The molecule has 3 nitrogen and oxygen atoms in total. The Bertz CT molecular complexity index is 430. The molecule has 1 aromatic carbocycles. The van der Waals surface area contributed by atoms with Crippen LogP contribution in [0, 0.1) is 0 Å². The molecular formula is C14H18BrNO2. The maximum absolute atomic E-state index is 5.79. The lowest BCUT2D eigenvalue weighted by Gasteiger charge is -2.26. The Balaban J connectivity index is 1.82. The zero-order valence-electron chi connectivity index (χ0n) is 10.4. The Morgan fingerprint density at radius 3 is 2.78 bits per heavy atom. The lowest BCUT2D eigenvalue weighted by atomic mass is 9.97. The fraction of sp³-hybridized carbons (Fsp3) is 0.571. The summed E-state index contributed by atoms with van der Waals surface area (Å²) in [6.45, 7) is 2.42. The second-order valence-corrected chi connectivity index (χ2v) is 5.77. The first-order valence-electron chi connectivity index (χ1n) is 6.65. The molecule has 0 aromatic heterocycles. The number of rotatable bonds is 2. The van der Waals surface area contributed by atoms with E-state index in [1.807, 2.05) is 0 Å². The third-order valence-electron chi connectivity index (χ3n) is 3.60. The maximum atomic E-state index is 5.79. The Morgan fingerprint density at radius 2 is 2.00 bits per heavy atom. The molecule has 1 atom stereocenters. The normalized spacial score (nSPS) is 22.8. The maximum Gasteiger partial charge on any atom is 0.175 e. The van der Waals surface area contributed by atoms with Crippen molar-refractivity contribution in [2.45, 2.75) is 31.7 Å². The summed E-state index contributed by atoms with van der Waals surface area (Å²) in [4.78, 5) is 0. The van der Waals surface area contributed by atoms with Gasteiger partial charge in [-0.2, -0.15) is 0 Å². The fourth-order valence-corrected chi connectivity index (χ4v) is 3.11. The van der Waals surface area contributed by atoms with Gasteiger partial charge in [0.05, 0.1) is 4.47 Å². The van der Waals surface area contributed by atoms with E-state index < -0.39 is 0 Å². The van der Waals surface area contributed by atoms with Crippen LogP contribution in [0.5, 0.6) is 11.5 Å². The van der Waals surface area contributed by atoms with Gasteiger partial charge in [-0.1, -0.05) is 12.5 Å². The summed E-state index contributed by atoms with van der Waals surface area (Å²) in [5.41, 5.74) is 1.26. The highest BCUT2D eigenvalue weighted by Crippen LogP contribution is 2.40. The molecular weight excluding hydrogens is 294 g/mol. The Hall–Kier alpha value is -0.740. The molecule has 2 heterocycles. The van der Waals surface area contributed by atoms with Crippen LogP contribution >= 0.6 is 15.9 Å². The monoisotopic (exact) mass is 311 g/mol. The molecule has 18 heavy (non-hydrogen) atoms. The standard InChI is InChI=1S/C14H18BrNO2/c15-12-5-4-10(9-11-3-1-2-6-16-11)13-14(12)18-8-7-17-13/h4-5,11,16H,1-3,6-9H2. The third kappa shape index (κ3) is 2.50. The van der Waals surface area contributed by atoms with E-state index in [4.69, 9.17) is 9.47 Å². The van der Waals surface area contributed by atoms with Gasteiger partial charge in [0.2, 0.25) is 0 Å². The summed E-state index contributed by atoms with van der Waals surface area (Å²) in [7, 11) is 0. The van der Waals surface area contributed by atoms with E-state index >= 15 is 0 Å². The second-order valence-electron chi connectivity index (χ2n) is 4.91. The molecule has 1 unspecified atom stereocenters. The number of fused-ring (bicyclic) bond motifs is 1. The van der Waals surface area contributed by atoms with Gasteiger partial charge in [0.1, 0.15) is 13.2 Å². The van der Waals surface area contributed by atoms with Crippen LogP contribution in [0.3, 0.4) is 0 Å². The molecule has 1 fully saturated rings. The van der Waals surface area contributed by atoms with Crippen molar-refractivity contribution in [3.63, 3.8) is 0 Å². The molecule has 0 aliphatic carbocycles. The van der Waals surface area contributed by atoms with Crippen LogP contribution in [0.2, 0.25) is 0 Å². The molecule has 0 radical (unpaired) electrons. The highest BCUT2D eigenvalue weighted by atomic mass is 79.9. The van der Waals surface area contributed by atoms with Crippen LogP contribution in [-0.4, -0.2) is 25.8 Å². The molecule has 0 amide bonds. The number of nitrogens with one attached hydrogen (secondary N) is 1. The fourth-order valence-electron chi connectivity index (χ4n) is 2.68. The second kappa shape index (κ2) is 5.49. The minimum absolute atomic E-state index is 0.578. The van der Waals surface area contributed by atoms with Gasteiger partial charge in [-0.25, -0.2) is 0 Å². The lowest BCUT2D eigenvalue weighted by molar-refractivity contribution is 0.168. The quantitative estimate of drug-likeness (QED) is 0.911. The van der Waals surface area contributed by atoms with Gasteiger partial charge in [0.15, 0.2) is 11.5 Å². The lowest BCUT2D eigenvalue weighted by Crippen LogP contribution is -2.35. The first-order valence-corrected chi connectivity index (χ1v) is 7.44. The smallest absolute Gasteiger partial charge is 0.175 e. The molecule has 0 saturated carbocycles. The molecule has 0 spiro atoms. The van der Waals surface area contributed by atoms with Crippen molar-refractivity contribution >= 4 is 15.9 Å². The van der Waals surface area contributed by atoms with Gasteiger partial charge in [0.25, 0.3) is 0 Å². The van der Waals surface area contributed by atoms with Crippen LogP contribution in [0.25, 0.3) is 0 Å². The van der Waals surface area contributed by atoms with E-state index in [2.05, 4.69) is 33.4 Å². The third-order valence-corrected chi connectivity index (χ3v) is 4.22. The Labute approximate surface area is 116 Å². The van der Waals surface area contributed by atoms with Gasteiger partial charge >= 0.3 is 0 Å². The summed E-state index contributed by atoms with van der Waals surface area (Å²) in [5, 5.41) is 3.58. The number of halogens is 1. The molecule has 4 heteroatoms. The van der Waals surface area contributed by atoms with E-state index in [1.165, 1.54) is 24.8 Å². The average Bonchev–Trinajstić information content (AvgIpc) is 2.44. The molecule has 1 N–H and O–H groups in total. The van der Waals surface area contributed by atoms with Gasteiger partial charge in [-0.3, -0.25) is 0 Å². The van der Waals surface area contributed by atoms with Crippen molar-refractivity contribution in [1.82, 2.24) is 5.32 Å². The van der Waals surface area contributed by atoms with Crippen LogP contribution in [-0.2, 0) is 6.42 Å². The van der Waals surface area contributed by atoms with E-state index in [0.29, 0.717) is 19.3 Å². The van der Waals surface area contributed by atoms with Crippen molar-refractivity contribution in [3.05, 3.63) is 22.2 Å². The Kier molecular flexibility index (Phi) is 3.75.